The Morgan fingerprint density at radius 2 is 2.03 bits per heavy atom. The fourth-order valence-electron chi connectivity index (χ4n) is 4.69. The quantitative estimate of drug-likeness (QED) is 0.274. The highest BCUT2D eigenvalue weighted by Crippen LogP contribution is 2.37. The molecule has 2 aromatic heterocycles. The first-order chi connectivity index (χ1) is 17.2. The highest BCUT2D eigenvalue weighted by atomic mass is 35.5. The molecule has 0 bridgehead atoms. The second kappa shape index (κ2) is 11.6. The van der Waals surface area contributed by atoms with E-state index in [2.05, 4.69) is 20.6 Å². The lowest BCUT2D eigenvalue weighted by atomic mass is 9.93. The van der Waals surface area contributed by atoms with Gasteiger partial charge in [-0.25, -0.2) is 14.4 Å². The lowest BCUT2D eigenvalue weighted by Gasteiger charge is -2.26. The predicted octanol–water partition coefficient (Wildman–Crippen LogP) is 5.34. The van der Waals surface area contributed by atoms with Crippen molar-refractivity contribution in [1.82, 2.24) is 19.5 Å². The zero-order valence-electron chi connectivity index (χ0n) is 20.0. The Morgan fingerprint density at radius 3 is 2.69 bits per heavy atom. The lowest BCUT2D eigenvalue weighted by Crippen LogP contribution is -2.30. The molecule has 4 rings (SSSR count). The number of nitrogens with zero attached hydrogens (tertiary/aromatic N) is 4. The van der Waals surface area contributed by atoms with E-state index >= 15 is 0 Å². The summed E-state index contributed by atoms with van der Waals surface area (Å²) >= 11 is 12.6. The van der Waals surface area contributed by atoms with Gasteiger partial charge in [-0.3, -0.25) is 9.36 Å². The molecule has 0 aliphatic heterocycles. The number of rotatable bonds is 10. The first-order valence-electron chi connectivity index (χ1n) is 12.1. The van der Waals surface area contributed by atoms with Crippen LogP contribution < -0.4 is 16.4 Å². The monoisotopic (exact) mass is 537 g/mol. The number of hydrogen-bond donors (Lipinski definition) is 4. The van der Waals surface area contributed by atoms with Crippen molar-refractivity contribution in [2.75, 3.05) is 10.6 Å². The summed E-state index contributed by atoms with van der Waals surface area (Å²) in [5.41, 5.74) is 6.85. The molecule has 194 valence electrons. The van der Waals surface area contributed by atoms with Crippen molar-refractivity contribution in [3.05, 3.63) is 34.2 Å². The van der Waals surface area contributed by atoms with Gasteiger partial charge in [-0.15, -0.1) is 0 Å². The van der Waals surface area contributed by atoms with Crippen LogP contribution >= 0.6 is 23.2 Å². The van der Waals surface area contributed by atoms with Gasteiger partial charge in [0.2, 0.25) is 17.8 Å². The predicted molar refractivity (Wildman–Crippen MR) is 139 cm³/mol. The number of benzene rings is 1. The number of aliphatic hydroxyl groups is 1. The number of carbonyl (C=O) groups excluding carboxylic acids is 1. The molecule has 0 unspecified atom stereocenters. The van der Waals surface area contributed by atoms with E-state index in [1.807, 2.05) is 11.5 Å². The minimum atomic E-state index is -0.552. The van der Waals surface area contributed by atoms with Crippen molar-refractivity contribution in [1.29, 1.82) is 0 Å². The van der Waals surface area contributed by atoms with Crippen LogP contribution in [0.3, 0.4) is 0 Å². The maximum Gasteiger partial charge on any atom is 0.224 e. The molecule has 3 aromatic rings. The van der Waals surface area contributed by atoms with E-state index < -0.39 is 11.7 Å². The van der Waals surface area contributed by atoms with Crippen LogP contribution in [0.4, 0.5) is 22.0 Å². The van der Waals surface area contributed by atoms with Gasteiger partial charge in [0.15, 0.2) is 5.65 Å². The lowest BCUT2D eigenvalue weighted by molar-refractivity contribution is -0.118. The standard InChI is InChI=1S/C24H30Cl2FN7O2/c1-2-4-15(7-8-20(28)36)34-22-19(12-29-23(33-22)30-14-5-3-6-16(35)11-14)31-24(34)32-21-17(25)9-13(27)10-18(21)26/h9-10,12,14-16,35H,2-8,11H2,1H3,(H2,28,36)(H,31,32)(H,29,30,33)/t14-,15+,16+/m0/s1. The van der Waals surface area contributed by atoms with Crippen molar-refractivity contribution >= 4 is 57.9 Å². The maximum absolute atomic E-state index is 13.8. The zero-order valence-corrected chi connectivity index (χ0v) is 21.5. The normalized spacial score (nSPS) is 18.8. The van der Waals surface area contributed by atoms with Crippen molar-refractivity contribution < 1.29 is 14.3 Å². The molecule has 5 N–H and O–H groups in total. The molecular weight excluding hydrogens is 508 g/mol. The van der Waals surface area contributed by atoms with Crippen molar-refractivity contribution in [3.63, 3.8) is 0 Å². The van der Waals surface area contributed by atoms with Crippen LogP contribution in [0.15, 0.2) is 18.3 Å². The number of primary amides is 1. The Bertz CT molecular complexity index is 1220. The van der Waals surface area contributed by atoms with Gasteiger partial charge in [0.05, 0.1) is 28.0 Å². The summed E-state index contributed by atoms with van der Waals surface area (Å²) in [5, 5.41) is 16.7. The first-order valence-corrected chi connectivity index (χ1v) is 12.9. The fourth-order valence-corrected chi connectivity index (χ4v) is 5.25. The summed E-state index contributed by atoms with van der Waals surface area (Å²) in [6.45, 7) is 2.05. The molecule has 1 aliphatic rings. The Kier molecular flexibility index (Phi) is 8.48. The molecule has 0 saturated heterocycles. The number of amides is 1. The molecule has 1 amide bonds. The van der Waals surface area contributed by atoms with Crippen molar-refractivity contribution in [3.8, 4) is 0 Å². The number of carbonyl (C=O) groups is 1. The van der Waals surface area contributed by atoms with Crippen LogP contribution in [0.2, 0.25) is 10.0 Å². The molecule has 0 spiro atoms. The summed E-state index contributed by atoms with van der Waals surface area (Å²) in [6, 6.07) is 2.24. The van der Waals surface area contributed by atoms with Crippen molar-refractivity contribution in [2.45, 2.75) is 76.5 Å². The minimum Gasteiger partial charge on any atom is -0.393 e. The number of aromatic nitrogens is 4. The van der Waals surface area contributed by atoms with Crippen LogP contribution in [-0.2, 0) is 4.79 Å². The topological polar surface area (TPSA) is 131 Å². The minimum absolute atomic E-state index is 0.0679. The average Bonchev–Trinajstić information content (AvgIpc) is 3.16. The number of halogens is 3. The molecule has 12 heteroatoms. The molecule has 3 atom stereocenters. The van der Waals surface area contributed by atoms with E-state index in [1.54, 1.807) is 6.20 Å². The van der Waals surface area contributed by atoms with Gasteiger partial charge in [-0.1, -0.05) is 36.5 Å². The highest BCUT2D eigenvalue weighted by Gasteiger charge is 2.25. The number of anilines is 3. The summed E-state index contributed by atoms with van der Waals surface area (Å²) in [4.78, 5) is 25.5. The summed E-state index contributed by atoms with van der Waals surface area (Å²) in [7, 11) is 0. The molecule has 36 heavy (non-hydrogen) atoms. The molecular formula is C24H30Cl2FN7O2. The molecule has 9 nitrogen and oxygen atoms in total. The number of fused-ring (bicyclic) bond motifs is 1. The third-order valence-corrected chi connectivity index (χ3v) is 6.96. The van der Waals surface area contributed by atoms with Crippen molar-refractivity contribution in [2.24, 2.45) is 5.73 Å². The van der Waals surface area contributed by atoms with Crippen LogP contribution in [0.5, 0.6) is 0 Å². The molecule has 0 radical (unpaired) electrons. The molecule has 1 saturated carbocycles. The molecule has 1 aromatic carbocycles. The number of nitrogens with one attached hydrogen (secondary N) is 2. The van der Waals surface area contributed by atoms with Gasteiger partial charge in [-0.2, -0.15) is 4.98 Å². The van der Waals surface area contributed by atoms with Gasteiger partial charge in [0, 0.05) is 18.5 Å². The largest absolute Gasteiger partial charge is 0.393 e. The van der Waals surface area contributed by atoms with E-state index in [4.69, 9.17) is 33.9 Å². The third kappa shape index (κ3) is 6.16. The van der Waals surface area contributed by atoms with Crippen LogP contribution in [0, 0.1) is 5.82 Å². The Balaban J connectivity index is 1.77. The fraction of sp³-hybridized carbons (Fsp3) is 0.500. The smallest absolute Gasteiger partial charge is 0.224 e. The van der Waals surface area contributed by atoms with E-state index in [1.165, 1.54) is 12.1 Å². The van der Waals surface area contributed by atoms with Gasteiger partial charge in [0.25, 0.3) is 0 Å². The Hall–Kier alpha value is -2.69. The summed E-state index contributed by atoms with van der Waals surface area (Å²) < 4.78 is 15.7. The first kappa shape index (κ1) is 26.4. The third-order valence-electron chi connectivity index (χ3n) is 6.37. The Morgan fingerprint density at radius 1 is 1.28 bits per heavy atom. The summed E-state index contributed by atoms with van der Waals surface area (Å²) in [6.07, 6.45) is 6.82. The molecule has 1 aliphatic carbocycles. The van der Waals surface area contributed by atoms with Crippen LogP contribution in [-0.4, -0.2) is 42.7 Å². The highest BCUT2D eigenvalue weighted by molar-refractivity contribution is 6.39. The molecule has 2 heterocycles. The van der Waals surface area contributed by atoms with E-state index in [0.717, 1.165) is 32.1 Å². The van der Waals surface area contributed by atoms with Crippen LogP contribution in [0.1, 0.15) is 64.3 Å². The van der Waals surface area contributed by atoms with Gasteiger partial charge < -0.3 is 21.5 Å². The SMILES string of the molecule is CCC[C@H](CCC(N)=O)n1c(Nc2c(Cl)cc(F)cc2Cl)nc2cnc(N[C@H]3CCC[C@@H](O)C3)nc21. The van der Waals surface area contributed by atoms with E-state index in [-0.39, 0.29) is 34.7 Å². The van der Waals surface area contributed by atoms with Gasteiger partial charge in [0.1, 0.15) is 11.3 Å². The second-order valence-corrected chi connectivity index (χ2v) is 10.0. The van der Waals surface area contributed by atoms with E-state index in [0.29, 0.717) is 41.6 Å². The number of aliphatic hydroxyl groups excluding tert-OH is 1. The molecule has 1 fully saturated rings. The van der Waals surface area contributed by atoms with Gasteiger partial charge >= 0.3 is 0 Å². The average molecular weight is 538 g/mol. The maximum atomic E-state index is 13.8. The number of nitrogens with two attached hydrogens (primary N) is 1. The van der Waals surface area contributed by atoms with E-state index in [9.17, 15) is 14.3 Å². The second-order valence-electron chi connectivity index (χ2n) is 9.19. The Labute approximate surface area is 218 Å². The number of imidazole rings is 1. The van der Waals surface area contributed by atoms with Crippen LogP contribution in [0.25, 0.3) is 11.2 Å². The zero-order chi connectivity index (χ0) is 25.8. The summed E-state index contributed by atoms with van der Waals surface area (Å²) in [5.74, 6) is -0.128. The number of hydrogen-bond acceptors (Lipinski definition) is 7. The van der Waals surface area contributed by atoms with Gasteiger partial charge in [-0.05, 0) is 50.7 Å².